The van der Waals surface area contributed by atoms with Crippen molar-refractivity contribution in [2.75, 3.05) is 5.75 Å². The van der Waals surface area contributed by atoms with Gasteiger partial charge in [0.2, 0.25) is 0 Å². The Morgan fingerprint density at radius 3 is 2.52 bits per heavy atom. The van der Waals surface area contributed by atoms with Crippen LogP contribution in [0.3, 0.4) is 0 Å². The predicted molar refractivity (Wildman–Crippen MR) is 114 cm³/mol. The van der Waals surface area contributed by atoms with Crippen LogP contribution in [0.15, 0.2) is 64.5 Å². The Labute approximate surface area is 164 Å². The van der Waals surface area contributed by atoms with Crippen molar-refractivity contribution in [2.45, 2.75) is 50.2 Å². The molecule has 1 aliphatic carbocycles. The summed E-state index contributed by atoms with van der Waals surface area (Å²) in [6.45, 7) is 2.10. The van der Waals surface area contributed by atoms with Gasteiger partial charge in [-0.3, -0.25) is 9.36 Å². The van der Waals surface area contributed by atoms with E-state index in [0.29, 0.717) is 5.39 Å². The number of aromatic nitrogens is 2. The molecule has 4 rings (SSSR count). The molecule has 1 fully saturated rings. The van der Waals surface area contributed by atoms with Crippen LogP contribution < -0.4 is 5.56 Å². The average molecular weight is 379 g/mol. The highest BCUT2D eigenvalue weighted by Gasteiger charge is 2.20. The van der Waals surface area contributed by atoms with Gasteiger partial charge in [0.05, 0.1) is 16.9 Å². The third-order valence-electron chi connectivity index (χ3n) is 5.62. The maximum atomic E-state index is 13.3. The number of hydrogen-bond acceptors (Lipinski definition) is 3. The summed E-state index contributed by atoms with van der Waals surface area (Å²) in [7, 11) is 0. The molecule has 2 aromatic carbocycles. The van der Waals surface area contributed by atoms with Crippen LogP contribution in [0.2, 0.25) is 0 Å². The third kappa shape index (κ3) is 3.96. The summed E-state index contributed by atoms with van der Waals surface area (Å²) < 4.78 is 1.89. The van der Waals surface area contributed by atoms with E-state index in [0.717, 1.165) is 27.9 Å². The lowest BCUT2D eigenvalue weighted by Gasteiger charge is -2.23. The summed E-state index contributed by atoms with van der Waals surface area (Å²) in [5.74, 6) is 1.79. The molecule has 0 bridgehead atoms. The Morgan fingerprint density at radius 2 is 1.74 bits per heavy atom. The average Bonchev–Trinajstić information content (AvgIpc) is 2.73. The van der Waals surface area contributed by atoms with E-state index >= 15 is 0 Å². The summed E-state index contributed by atoms with van der Waals surface area (Å²) in [5, 5.41) is 1.54. The maximum absolute atomic E-state index is 13.3. The van der Waals surface area contributed by atoms with Gasteiger partial charge in [0.1, 0.15) is 0 Å². The number of hydrogen-bond donors (Lipinski definition) is 0. The molecule has 1 aliphatic rings. The third-order valence-corrected chi connectivity index (χ3v) is 6.80. The van der Waals surface area contributed by atoms with Crippen molar-refractivity contribution in [3.63, 3.8) is 0 Å². The lowest BCUT2D eigenvalue weighted by atomic mass is 9.91. The van der Waals surface area contributed by atoms with Crippen LogP contribution in [-0.4, -0.2) is 15.3 Å². The van der Waals surface area contributed by atoms with Crippen molar-refractivity contribution in [3.8, 4) is 0 Å². The highest BCUT2D eigenvalue weighted by Crippen LogP contribution is 2.31. The number of rotatable bonds is 5. The van der Waals surface area contributed by atoms with Gasteiger partial charge in [0, 0.05) is 5.75 Å². The van der Waals surface area contributed by atoms with Gasteiger partial charge < -0.3 is 0 Å². The molecule has 0 saturated heterocycles. The van der Waals surface area contributed by atoms with Gasteiger partial charge in [-0.25, -0.2) is 4.98 Å². The van der Waals surface area contributed by atoms with Crippen LogP contribution in [-0.2, 0) is 0 Å². The fourth-order valence-corrected chi connectivity index (χ4v) is 5.26. The van der Waals surface area contributed by atoms with Gasteiger partial charge in [-0.2, -0.15) is 0 Å². The SMILES string of the molecule is C[C@@H](c1ccccc1)n1c(SCC2CCCCC2)nc2ccccc2c1=O. The molecular formula is C23H26N2OS. The van der Waals surface area contributed by atoms with Crippen LogP contribution in [0.1, 0.15) is 50.6 Å². The topological polar surface area (TPSA) is 34.9 Å². The van der Waals surface area contributed by atoms with Gasteiger partial charge in [-0.1, -0.05) is 73.5 Å². The van der Waals surface area contributed by atoms with Crippen LogP contribution >= 0.6 is 11.8 Å². The van der Waals surface area contributed by atoms with E-state index in [-0.39, 0.29) is 11.6 Å². The molecular weight excluding hydrogens is 352 g/mol. The van der Waals surface area contributed by atoms with Gasteiger partial charge >= 0.3 is 0 Å². The molecule has 1 atom stereocenters. The zero-order valence-electron chi connectivity index (χ0n) is 15.8. The second-order valence-electron chi connectivity index (χ2n) is 7.49. The summed E-state index contributed by atoms with van der Waals surface area (Å²) in [4.78, 5) is 18.2. The molecule has 3 aromatic rings. The van der Waals surface area contributed by atoms with Crippen molar-refractivity contribution in [2.24, 2.45) is 5.92 Å². The molecule has 0 spiro atoms. The van der Waals surface area contributed by atoms with Crippen molar-refractivity contribution in [1.29, 1.82) is 0 Å². The Balaban J connectivity index is 1.74. The predicted octanol–water partition coefficient (Wildman–Crippen LogP) is 5.68. The second-order valence-corrected chi connectivity index (χ2v) is 8.48. The molecule has 3 nitrogen and oxygen atoms in total. The molecule has 0 radical (unpaired) electrons. The number of thioether (sulfide) groups is 1. The first-order valence-corrected chi connectivity index (χ1v) is 10.9. The number of fused-ring (bicyclic) bond motifs is 1. The molecule has 1 saturated carbocycles. The first-order valence-electron chi connectivity index (χ1n) is 9.93. The van der Waals surface area contributed by atoms with Gasteiger partial charge in [-0.05, 0) is 43.4 Å². The first kappa shape index (κ1) is 18.3. The second kappa shape index (κ2) is 8.30. The molecule has 0 aliphatic heterocycles. The molecule has 0 amide bonds. The summed E-state index contributed by atoms with van der Waals surface area (Å²) in [5.41, 5.74) is 1.99. The summed E-state index contributed by atoms with van der Waals surface area (Å²) >= 11 is 1.76. The minimum absolute atomic E-state index is 0.0374. The lowest BCUT2D eigenvalue weighted by Crippen LogP contribution is -2.27. The molecule has 0 N–H and O–H groups in total. The smallest absolute Gasteiger partial charge is 0.262 e. The lowest BCUT2D eigenvalue weighted by molar-refractivity contribution is 0.390. The molecule has 0 unspecified atom stereocenters. The largest absolute Gasteiger partial charge is 0.280 e. The Hall–Kier alpha value is -2.07. The van der Waals surface area contributed by atoms with E-state index in [1.54, 1.807) is 11.8 Å². The normalized spacial score (nSPS) is 16.5. The Morgan fingerprint density at radius 1 is 1.04 bits per heavy atom. The van der Waals surface area contributed by atoms with Crippen LogP contribution in [0.5, 0.6) is 0 Å². The number of benzene rings is 2. The van der Waals surface area contributed by atoms with Gasteiger partial charge in [0.25, 0.3) is 5.56 Å². The molecule has 4 heteroatoms. The zero-order chi connectivity index (χ0) is 18.6. The van der Waals surface area contributed by atoms with Crippen LogP contribution in [0.4, 0.5) is 0 Å². The van der Waals surface area contributed by atoms with Crippen LogP contribution in [0, 0.1) is 5.92 Å². The van der Waals surface area contributed by atoms with Crippen molar-refractivity contribution in [3.05, 3.63) is 70.5 Å². The summed E-state index contributed by atoms with van der Waals surface area (Å²) in [6, 6.07) is 17.9. The molecule has 1 aromatic heterocycles. The summed E-state index contributed by atoms with van der Waals surface area (Å²) in [6.07, 6.45) is 6.65. The quantitative estimate of drug-likeness (QED) is 0.423. The van der Waals surface area contributed by atoms with Gasteiger partial charge in [0.15, 0.2) is 5.16 Å². The molecule has 1 heterocycles. The van der Waals surface area contributed by atoms with E-state index < -0.39 is 0 Å². The number of para-hydroxylation sites is 1. The fraction of sp³-hybridized carbons (Fsp3) is 0.391. The Kier molecular flexibility index (Phi) is 5.63. The standard InChI is InChI=1S/C23H26N2OS/c1-17(19-12-6-3-7-13-19)25-22(26)20-14-8-9-15-21(20)24-23(25)27-16-18-10-4-2-5-11-18/h3,6-9,12-15,17-18H,2,4-5,10-11,16H2,1H3/t17-/m0/s1. The highest BCUT2D eigenvalue weighted by atomic mass is 32.2. The van der Waals surface area contributed by atoms with E-state index in [1.807, 2.05) is 47.0 Å². The van der Waals surface area contributed by atoms with Crippen LogP contribution in [0.25, 0.3) is 10.9 Å². The van der Waals surface area contributed by atoms with E-state index in [1.165, 1.54) is 32.1 Å². The molecule has 27 heavy (non-hydrogen) atoms. The van der Waals surface area contributed by atoms with Gasteiger partial charge in [-0.15, -0.1) is 0 Å². The van der Waals surface area contributed by atoms with Crippen molar-refractivity contribution in [1.82, 2.24) is 9.55 Å². The minimum atomic E-state index is -0.0374. The van der Waals surface area contributed by atoms with Crippen molar-refractivity contribution < 1.29 is 0 Å². The highest BCUT2D eigenvalue weighted by molar-refractivity contribution is 7.99. The van der Waals surface area contributed by atoms with E-state index in [2.05, 4.69) is 19.1 Å². The van der Waals surface area contributed by atoms with Crippen molar-refractivity contribution >= 4 is 22.7 Å². The number of nitrogens with zero attached hydrogens (tertiary/aromatic N) is 2. The maximum Gasteiger partial charge on any atom is 0.262 e. The minimum Gasteiger partial charge on any atom is -0.280 e. The fourth-order valence-electron chi connectivity index (χ4n) is 4.00. The molecule has 140 valence electrons. The van der Waals surface area contributed by atoms with E-state index in [9.17, 15) is 4.79 Å². The van der Waals surface area contributed by atoms with E-state index in [4.69, 9.17) is 4.98 Å². The Bertz CT molecular complexity index is 961. The monoisotopic (exact) mass is 378 g/mol. The zero-order valence-corrected chi connectivity index (χ0v) is 16.6. The first-order chi connectivity index (χ1) is 13.2.